The molecular weight excluding hydrogens is 340 g/mol. The summed E-state index contributed by atoms with van der Waals surface area (Å²) in [5.41, 5.74) is 2.08. The first kappa shape index (κ1) is 15.2. The van der Waals surface area contributed by atoms with E-state index in [0.29, 0.717) is 16.1 Å². The lowest BCUT2D eigenvalue weighted by atomic mass is 10.1. The van der Waals surface area contributed by atoms with Crippen LogP contribution in [0.2, 0.25) is 5.02 Å². The van der Waals surface area contributed by atoms with Gasteiger partial charge in [-0.3, -0.25) is 0 Å². The predicted molar refractivity (Wildman–Crippen MR) is 98.3 cm³/mol. The van der Waals surface area contributed by atoms with Crippen molar-refractivity contribution in [1.29, 1.82) is 0 Å². The summed E-state index contributed by atoms with van der Waals surface area (Å²) in [5.74, 6) is 1.26. The van der Waals surface area contributed by atoms with Gasteiger partial charge in [-0.1, -0.05) is 71.9 Å². The number of nitrogens with zero attached hydrogens (tertiary/aromatic N) is 2. The van der Waals surface area contributed by atoms with Crippen LogP contribution in [0.3, 0.4) is 0 Å². The zero-order chi connectivity index (χ0) is 16.4. The maximum Gasteiger partial charge on any atom is 0.277 e. The van der Waals surface area contributed by atoms with Crippen LogP contribution in [0.4, 0.5) is 0 Å². The lowest BCUT2D eigenvalue weighted by Crippen LogP contribution is -1.84. The molecule has 24 heavy (non-hydrogen) atoms. The zero-order valence-electron chi connectivity index (χ0n) is 12.6. The molecule has 0 saturated carbocycles. The third kappa shape index (κ3) is 3.16. The molecule has 0 aliphatic rings. The van der Waals surface area contributed by atoms with Crippen molar-refractivity contribution in [3.05, 3.63) is 77.3 Å². The minimum atomic E-state index is 0.484. The Kier molecular flexibility index (Phi) is 4.24. The van der Waals surface area contributed by atoms with E-state index in [-0.39, 0.29) is 0 Å². The molecule has 0 bridgehead atoms. The van der Waals surface area contributed by atoms with Crippen LogP contribution >= 0.6 is 23.4 Å². The average Bonchev–Trinajstić information content (AvgIpc) is 3.09. The van der Waals surface area contributed by atoms with Crippen LogP contribution in [-0.2, 0) is 5.75 Å². The molecule has 0 saturated heterocycles. The predicted octanol–water partition coefficient (Wildman–Crippen LogP) is 5.84. The molecule has 0 atom stereocenters. The van der Waals surface area contributed by atoms with Crippen LogP contribution in [0.15, 0.2) is 76.4 Å². The Morgan fingerprint density at radius 3 is 2.67 bits per heavy atom. The molecule has 0 fully saturated rings. The fraction of sp³-hybridized carbons (Fsp3) is 0.0526. The second-order valence-corrected chi connectivity index (χ2v) is 6.67. The van der Waals surface area contributed by atoms with Crippen LogP contribution in [0.1, 0.15) is 5.56 Å². The standard InChI is InChI=1S/C19H13ClN2OS/c20-16-9-4-7-14(11-16)18-21-22-19(23-18)24-12-15-8-3-6-13-5-1-2-10-17(13)15/h1-11H,12H2. The summed E-state index contributed by atoms with van der Waals surface area (Å²) in [6.45, 7) is 0. The van der Waals surface area contributed by atoms with Crippen LogP contribution < -0.4 is 0 Å². The second-order valence-electron chi connectivity index (χ2n) is 5.31. The van der Waals surface area contributed by atoms with Gasteiger partial charge >= 0.3 is 0 Å². The number of benzene rings is 3. The highest BCUT2D eigenvalue weighted by atomic mass is 35.5. The first-order chi connectivity index (χ1) is 11.8. The molecule has 0 aliphatic heterocycles. The summed E-state index contributed by atoms with van der Waals surface area (Å²) in [6, 6.07) is 22.1. The van der Waals surface area contributed by atoms with E-state index in [1.54, 1.807) is 0 Å². The minimum Gasteiger partial charge on any atom is -0.411 e. The molecule has 0 radical (unpaired) electrons. The van der Waals surface area contributed by atoms with Gasteiger partial charge in [0.05, 0.1) is 0 Å². The van der Waals surface area contributed by atoms with E-state index in [0.717, 1.165) is 11.3 Å². The van der Waals surface area contributed by atoms with E-state index < -0.39 is 0 Å². The number of hydrogen-bond donors (Lipinski definition) is 0. The van der Waals surface area contributed by atoms with Crippen molar-refractivity contribution in [2.24, 2.45) is 0 Å². The molecule has 4 aromatic rings. The fourth-order valence-electron chi connectivity index (χ4n) is 2.56. The molecule has 0 aliphatic carbocycles. The van der Waals surface area contributed by atoms with Crippen molar-refractivity contribution in [2.75, 3.05) is 0 Å². The third-order valence-corrected chi connectivity index (χ3v) is 4.81. The van der Waals surface area contributed by atoms with E-state index in [2.05, 4.69) is 52.7 Å². The Morgan fingerprint density at radius 2 is 1.75 bits per heavy atom. The summed E-state index contributed by atoms with van der Waals surface area (Å²) in [6.07, 6.45) is 0. The van der Waals surface area contributed by atoms with Gasteiger partial charge in [0, 0.05) is 16.3 Å². The summed E-state index contributed by atoms with van der Waals surface area (Å²) in [4.78, 5) is 0. The second kappa shape index (κ2) is 6.67. The molecule has 0 spiro atoms. The SMILES string of the molecule is Clc1cccc(-c2nnc(SCc3cccc4ccccc34)o2)c1. The van der Waals surface area contributed by atoms with Gasteiger partial charge in [-0.05, 0) is 34.5 Å². The van der Waals surface area contributed by atoms with Crippen molar-refractivity contribution in [2.45, 2.75) is 11.0 Å². The summed E-state index contributed by atoms with van der Waals surface area (Å²) < 4.78 is 5.74. The number of rotatable bonds is 4. The highest BCUT2D eigenvalue weighted by Crippen LogP contribution is 2.29. The van der Waals surface area contributed by atoms with Gasteiger partial charge < -0.3 is 4.42 Å². The van der Waals surface area contributed by atoms with Crippen molar-refractivity contribution < 1.29 is 4.42 Å². The zero-order valence-corrected chi connectivity index (χ0v) is 14.2. The molecular formula is C19H13ClN2OS. The van der Waals surface area contributed by atoms with E-state index in [9.17, 15) is 0 Å². The number of aromatic nitrogens is 2. The molecule has 0 unspecified atom stereocenters. The van der Waals surface area contributed by atoms with Crippen molar-refractivity contribution >= 4 is 34.1 Å². The van der Waals surface area contributed by atoms with Crippen LogP contribution in [0.5, 0.6) is 0 Å². The van der Waals surface area contributed by atoms with Crippen molar-refractivity contribution in [3.8, 4) is 11.5 Å². The third-order valence-electron chi connectivity index (χ3n) is 3.71. The normalized spacial score (nSPS) is 11.0. The summed E-state index contributed by atoms with van der Waals surface area (Å²) >= 11 is 7.54. The first-order valence-corrected chi connectivity index (χ1v) is 8.85. The maximum absolute atomic E-state index is 6.00. The number of halogens is 1. The summed E-state index contributed by atoms with van der Waals surface area (Å²) in [7, 11) is 0. The lowest BCUT2D eigenvalue weighted by molar-refractivity contribution is 0.466. The molecule has 4 rings (SSSR count). The van der Waals surface area contributed by atoms with Crippen LogP contribution in [-0.4, -0.2) is 10.2 Å². The topological polar surface area (TPSA) is 38.9 Å². The van der Waals surface area contributed by atoms with E-state index in [4.69, 9.17) is 16.0 Å². The van der Waals surface area contributed by atoms with Gasteiger partial charge in [-0.25, -0.2) is 0 Å². The molecule has 118 valence electrons. The molecule has 3 aromatic carbocycles. The Morgan fingerprint density at radius 1 is 0.917 bits per heavy atom. The van der Waals surface area contributed by atoms with E-state index >= 15 is 0 Å². The maximum atomic E-state index is 6.00. The molecule has 0 amide bonds. The fourth-order valence-corrected chi connectivity index (χ4v) is 3.52. The highest BCUT2D eigenvalue weighted by Gasteiger charge is 2.10. The van der Waals surface area contributed by atoms with E-state index in [1.807, 2.05) is 24.3 Å². The van der Waals surface area contributed by atoms with E-state index in [1.165, 1.54) is 28.1 Å². The van der Waals surface area contributed by atoms with Crippen molar-refractivity contribution in [3.63, 3.8) is 0 Å². The van der Waals surface area contributed by atoms with Gasteiger partial charge in [0.1, 0.15) is 0 Å². The van der Waals surface area contributed by atoms with Gasteiger partial charge in [-0.2, -0.15) is 0 Å². The Labute approximate surface area is 148 Å². The Bertz CT molecular complexity index is 994. The molecule has 1 heterocycles. The molecule has 3 nitrogen and oxygen atoms in total. The number of fused-ring (bicyclic) bond motifs is 1. The number of thioether (sulfide) groups is 1. The van der Waals surface area contributed by atoms with Crippen LogP contribution in [0, 0.1) is 0 Å². The van der Waals surface area contributed by atoms with Crippen LogP contribution in [0.25, 0.3) is 22.2 Å². The molecule has 1 aromatic heterocycles. The Hall–Kier alpha value is -2.30. The average molecular weight is 353 g/mol. The van der Waals surface area contributed by atoms with Crippen molar-refractivity contribution in [1.82, 2.24) is 10.2 Å². The Balaban J connectivity index is 1.54. The largest absolute Gasteiger partial charge is 0.411 e. The van der Waals surface area contributed by atoms with Gasteiger partial charge in [0.25, 0.3) is 5.22 Å². The number of hydrogen-bond acceptors (Lipinski definition) is 4. The highest BCUT2D eigenvalue weighted by molar-refractivity contribution is 7.98. The van der Waals surface area contributed by atoms with Gasteiger partial charge in [0.2, 0.25) is 5.89 Å². The quantitative estimate of drug-likeness (QED) is 0.433. The molecule has 0 N–H and O–H groups in total. The summed E-state index contributed by atoms with van der Waals surface area (Å²) in [5, 5.41) is 11.9. The first-order valence-electron chi connectivity index (χ1n) is 7.48. The van der Waals surface area contributed by atoms with Gasteiger partial charge in [0.15, 0.2) is 0 Å². The van der Waals surface area contributed by atoms with Gasteiger partial charge in [-0.15, -0.1) is 10.2 Å². The monoisotopic (exact) mass is 352 g/mol. The smallest absolute Gasteiger partial charge is 0.277 e. The molecule has 5 heteroatoms. The lowest BCUT2D eigenvalue weighted by Gasteiger charge is -2.04. The minimum absolute atomic E-state index is 0.484.